The summed E-state index contributed by atoms with van der Waals surface area (Å²) >= 11 is 0. The molecule has 0 aliphatic rings. The molecular formula is C30H38Cl2P4. The van der Waals surface area contributed by atoms with Gasteiger partial charge in [0.2, 0.25) is 0 Å². The molecule has 0 saturated carbocycles. The number of halogens is 2. The van der Waals surface area contributed by atoms with E-state index in [-0.39, 0.29) is 24.8 Å². The molecule has 0 heterocycles. The van der Waals surface area contributed by atoms with Gasteiger partial charge in [0.1, 0.15) is 0 Å². The molecule has 6 heteroatoms. The van der Waals surface area contributed by atoms with Crippen molar-refractivity contribution in [2.24, 2.45) is 0 Å². The molecule has 4 aromatic carbocycles. The fraction of sp³-hybridized carbons (Fsp3) is 0.200. The maximum absolute atomic E-state index is 2.23. The van der Waals surface area contributed by atoms with Gasteiger partial charge in [0.15, 0.2) is 0 Å². The van der Waals surface area contributed by atoms with Gasteiger partial charge >= 0.3 is 0 Å². The number of rotatable bonds is 12. The minimum Gasteiger partial charge on any atom is -0.147 e. The second-order valence-electron chi connectivity index (χ2n) is 7.88. The Morgan fingerprint density at radius 1 is 0.306 bits per heavy atom. The molecule has 0 fully saturated rings. The smallest absolute Gasteiger partial charge is 0.0271 e. The summed E-state index contributed by atoms with van der Waals surface area (Å²) in [5, 5.41) is 5.98. The van der Waals surface area contributed by atoms with Crippen LogP contribution in [0.5, 0.6) is 0 Å². The molecule has 192 valence electrons. The molecule has 36 heavy (non-hydrogen) atoms. The highest BCUT2D eigenvalue weighted by atomic mass is 35.5. The van der Waals surface area contributed by atoms with Gasteiger partial charge in [0.05, 0.1) is 0 Å². The van der Waals surface area contributed by atoms with Crippen LogP contribution in [0.3, 0.4) is 0 Å². The highest BCUT2D eigenvalue weighted by molar-refractivity contribution is 7.48. The van der Waals surface area contributed by atoms with Gasteiger partial charge in [-0.05, 0) is 58.7 Å². The monoisotopic (exact) mass is 592 g/mol. The van der Waals surface area contributed by atoms with Crippen molar-refractivity contribution in [3.63, 3.8) is 0 Å². The number of hydrogen-bond acceptors (Lipinski definition) is 0. The summed E-state index contributed by atoms with van der Waals surface area (Å²) in [7, 11) is 3.91. The van der Waals surface area contributed by atoms with Crippen LogP contribution in [0.1, 0.15) is 12.8 Å². The van der Waals surface area contributed by atoms with E-state index in [0.29, 0.717) is 0 Å². The van der Waals surface area contributed by atoms with E-state index in [1.54, 1.807) is 0 Å². The lowest BCUT2D eigenvalue weighted by Crippen LogP contribution is -1.96. The lowest BCUT2D eigenvalue weighted by molar-refractivity contribution is 1.12. The highest BCUT2D eigenvalue weighted by Crippen LogP contribution is 2.17. The van der Waals surface area contributed by atoms with Crippen molar-refractivity contribution in [2.45, 2.75) is 12.8 Å². The number of benzene rings is 4. The first kappa shape index (κ1) is 33.2. The van der Waals surface area contributed by atoms with Gasteiger partial charge < -0.3 is 0 Å². The molecule has 0 amide bonds. The van der Waals surface area contributed by atoms with Crippen molar-refractivity contribution in [2.75, 3.05) is 24.6 Å². The molecule has 4 rings (SSSR count). The first-order valence-electron chi connectivity index (χ1n) is 12.1. The Hall–Kier alpha value is -0.820. The molecule has 0 saturated heterocycles. The molecule has 0 aliphatic carbocycles. The molecule has 4 unspecified atom stereocenters. The van der Waals surface area contributed by atoms with Crippen LogP contribution in [0.15, 0.2) is 121 Å². The summed E-state index contributed by atoms with van der Waals surface area (Å²) < 4.78 is 0. The van der Waals surface area contributed by atoms with Crippen LogP contribution in [0.2, 0.25) is 0 Å². The van der Waals surface area contributed by atoms with Gasteiger partial charge in [-0.15, -0.1) is 24.8 Å². The average Bonchev–Trinajstić information content (AvgIpc) is 2.91. The predicted molar refractivity (Wildman–Crippen MR) is 181 cm³/mol. The largest absolute Gasteiger partial charge is 0.147 e. The third kappa shape index (κ3) is 15.4. The summed E-state index contributed by atoms with van der Waals surface area (Å²) in [4.78, 5) is 0. The molecule has 0 N–H and O–H groups in total. The standard InChI is InChI=1S/2C15H18P2.2ClH/c2*1-3-8-14(9-4-1)16-12-7-13-17-15-10-5-2-6-11-15;;/h2*1-6,8-11,16-17H,7,12-13H2;2*1H. The normalized spacial score (nSPS) is 11.1. The maximum Gasteiger partial charge on any atom is -0.0271 e. The first-order chi connectivity index (χ1) is 16.9. The fourth-order valence-electron chi connectivity index (χ4n) is 3.33. The zero-order valence-corrected chi connectivity index (χ0v) is 26.2. The summed E-state index contributed by atoms with van der Waals surface area (Å²) in [6.07, 6.45) is 8.04. The topological polar surface area (TPSA) is 0 Å². The van der Waals surface area contributed by atoms with Crippen LogP contribution in [-0.2, 0) is 0 Å². The molecule has 0 aromatic heterocycles. The molecule has 4 aromatic rings. The van der Waals surface area contributed by atoms with Gasteiger partial charge in [-0.25, -0.2) is 0 Å². The van der Waals surface area contributed by atoms with Crippen LogP contribution < -0.4 is 21.2 Å². The van der Waals surface area contributed by atoms with Gasteiger partial charge in [-0.2, -0.15) is 0 Å². The minimum absolute atomic E-state index is 0. The van der Waals surface area contributed by atoms with Crippen molar-refractivity contribution in [3.8, 4) is 0 Å². The van der Waals surface area contributed by atoms with E-state index in [0.717, 1.165) is 34.3 Å². The SMILES string of the molecule is Cl.Cl.c1ccc(PCCCPc2ccccc2)cc1.c1ccc(PCCCPc2ccccc2)cc1. The summed E-state index contributed by atoms with van der Waals surface area (Å²) in [6, 6.07) is 43.3. The van der Waals surface area contributed by atoms with E-state index in [1.165, 1.54) is 58.7 Å². The lowest BCUT2D eigenvalue weighted by atomic mass is 10.4. The van der Waals surface area contributed by atoms with Crippen LogP contribution >= 0.6 is 59.1 Å². The molecular weight excluding hydrogens is 555 g/mol. The first-order valence-corrected chi connectivity index (χ1v) is 16.9. The Balaban J connectivity index is 0.000000341. The van der Waals surface area contributed by atoms with Gasteiger partial charge in [-0.3, -0.25) is 0 Å². The third-order valence-corrected chi connectivity index (χ3v) is 10.5. The van der Waals surface area contributed by atoms with Gasteiger partial charge in [-0.1, -0.05) is 156 Å². The third-order valence-electron chi connectivity index (χ3n) is 5.12. The minimum atomic E-state index is 0. The molecule has 0 aliphatic heterocycles. The van der Waals surface area contributed by atoms with Gasteiger partial charge in [0, 0.05) is 0 Å². The predicted octanol–water partition coefficient (Wildman–Crippen LogP) is 7.61. The van der Waals surface area contributed by atoms with E-state index in [1.807, 2.05) is 0 Å². The van der Waals surface area contributed by atoms with Gasteiger partial charge in [0.25, 0.3) is 0 Å². The van der Waals surface area contributed by atoms with Crippen molar-refractivity contribution in [1.29, 1.82) is 0 Å². The van der Waals surface area contributed by atoms with Crippen molar-refractivity contribution in [3.05, 3.63) is 121 Å². The van der Waals surface area contributed by atoms with Crippen molar-refractivity contribution in [1.82, 2.24) is 0 Å². The van der Waals surface area contributed by atoms with E-state index in [9.17, 15) is 0 Å². The summed E-state index contributed by atoms with van der Waals surface area (Å²) in [5.41, 5.74) is 0. The maximum atomic E-state index is 2.23. The van der Waals surface area contributed by atoms with E-state index < -0.39 is 0 Å². The fourth-order valence-corrected chi connectivity index (χ4v) is 8.32. The second kappa shape index (κ2) is 22.2. The lowest BCUT2D eigenvalue weighted by Gasteiger charge is -2.03. The zero-order chi connectivity index (χ0) is 23.5. The summed E-state index contributed by atoms with van der Waals surface area (Å²) in [6.45, 7) is 0. The molecule has 0 spiro atoms. The zero-order valence-electron chi connectivity index (χ0n) is 20.6. The van der Waals surface area contributed by atoms with Crippen molar-refractivity contribution < 1.29 is 0 Å². The number of hydrogen-bond donors (Lipinski definition) is 0. The quantitative estimate of drug-likeness (QED) is 0.117. The van der Waals surface area contributed by atoms with E-state index >= 15 is 0 Å². The highest BCUT2D eigenvalue weighted by Gasteiger charge is 1.95. The molecule has 0 nitrogen and oxygen atoms in total. The van der Waals surface area contributed by atoms with Crippen LogP contribution in [0.4, 0.5) is 0 Å². The molecule has 0 bridgehead atoms. The van der Waals surface area contributed by atoms with Crippen LogP contribution in [0.25, 0.3) is 0 Å². The van der Waals surface area contributed by atoms with E-state index in [2.05, 4.69) is 121 Å². The van der Waals surface area contributed by atoms with Crippen LogP contribution in [-0.4, -0.2) is 24.6 Å². The Morgan fingerprint density at radius 2 is 0.500 bits per heavy atom. The Bertz CT molecular complexity index is 836. The Kier molecular flexibility index (Phi) is 20.5. The Labute approximate surface area is 238 Å². The van der Waals surface area contributed by atoms with E-state index in [4.69, 9.17) is 0 Å². The Morgan fingerprint density at radius 3 is 0.694 bits per heavy atom. The van der Waals surface area contributed by atoms with Crippen LogP contribution in [0, 0.1) is 0 Å². The molecule has 0 radical (unpaired) electrons. The summed E-state index contributed by atoms with van der Waals surface area (Å²) in [5.74, 6) is 0. The molecule has 4 atom stereocenters. The second-order valence-corrected chi connectivity index (χ2v) is 13.6. The van der Waals surface area contributed by atoms with Crippen molar-refractivity contribution >= 4 is 80.4 Å². The average molecular weight is 593 g/mol.